The van der Waals surface area contributed by atoms with E-state index in [-0.39, 0.29) is 0 Å². The minimum absolute atomic E-state index is 0.551. The molecule has 0 aromatic heterocycles. The topological polar surface area (TPSA) is 3.24 Å². The van der Waals surface area contributed by atoms with Crippen LogP contribution in [0.5, 0.6) is 0 Å². The zero-order valence-electron chi connectivity index (χ0n) is 6.44. The normalized spacial score (nSPS) is 26.6. The lowest BCUT2D eigenvalue weighted by molar-refractivity contribution is 0.169. The van der Waals surface area contributed by atoms with Crippen molar-refractivity contribution in [2.24, 2.45) is 0 Å². The van der Waals surface area contributed by atoms with Crippen LogP contribution in [0.25, 0.3) is 0 Å². The standard InChI is InChI=1S/C8H14FN/c1-7(2)10-5-3-4-8(9)6-10/h8H,1,3-6H2,2H3. The predicted molar refractivity (Wildman–Crippen MR) is 40.5 cm³/mol. The van der Waals surface area contributed by atoms with E-state index in [1.165, 1.54) is 0 Å². The summed E-state index contributed by atoms with van der Waals surface area (Å²) in [5, 5.41) is 0. The summed E-state index contributed by atoms with van der Waals surface area (Å²) in [4.78, 5) is 2.01. The average molecular weight is 143 g/mol. The summed E-state index contributed by atoms with van der Waals surface area (Å²) in [6.07, 6.45) is 1.06. The van der Waals surface area contributed by atoms with Crippen LogP contribution in [0.2, 0.25) is 0 Å². The Morgan fingerprint density at radius 3 is 2.80 bits per heavy atom. The molecule has 1 saturated heterocycles. The van der Waals surface area contributed by atoms with Crippen LogP contribution in [0.3, 0.4) is 0 Å². The molecule has 0 aromatic carbocycles. The van der Waals surface area contributed by atoms with Gasteiger partial charge in [-0.15, -0.1) is 0 Å². The maximum absolute atomic E-state index is 12.7. The smallest absolute Gasteiger partial charge is 0.118 e. The van der Waals surface area contributed by atoms with Crippen LogP contribution >= 0.6 is 0 Å². The highest BCUT2D eigenvalue weighted by Gasteiger charge is 2.17. The van der Waals surface area contributed by atoms with Gasteiger partial charge in [-0.2, -0.15) is 0 Å². The summed E-state index contributed by atoms with van der Waals surface area (Å²) >= 11 is 0. The van der Waals surface area contributed by atoms with Gasteiger partial charge in [0, 0.05) is 18.8 Å². The predicted octanol–water partition coefficient (Wildman–Crippen LogP) is 1.95. The largest absolute Gasteiger partial charge is 0.373 e. The fourth-order valence-electron chi connectivity index (χ4n) is 1.27. The highest BCUT2D eigenvalue weighted by atomic mass is 19.1. The van der Waals surface area contributed by atoms with Crippen LogP contribution < -0.4 is 0 Å². The van der Waals surface area contributed by atoms with Crippen LogP contribution in [-0.4, -0.2) is 24.2 Å². The van der Waals surface area contributed by atoms with Gasteiger partial charge in [-0.3, -0.25) is 0 Å². The molecule has 0 N–H and O–H groups in total. The number of piperidine rings is 1. The first kappa shape index (κ1) is 7.58. The number of likely N-dealkylation sites (tertiary alicyclic amines) is 1. The number of alkyl halides is 1. The lowest BCUT2D eigenvalue weighted by Crippen LogP contribution is -2.34. The summed E-state index contributed by atoms with van der Waals surface area (Å²) in [6, 6.07) is 0. The van der Waals surface area contributed by atoms with Crippen molar-refractivity contribution in [1.82, 2.24) is 4.90 Å². The van der Waals surface area contributed by atoms with Gasteiger partial charge >= 0.3 is 0 Å². The Labute approximate surface area is 61.5 Å². The molecule has 0 amide bonds. The number of allylic oxidation sites excluding steroid dienone is 1. The summed E-state index contributed by atoms with van der Waals surface area (Å²) in [5.41, 5.74) is 0.988. The van der Waals surface area contributed by atoms with Gasteiger partial charge in [-0.1, -0.05) is 6.58 Å². The Morgan fingerprint density at radius 1 is 1.70 bits per heavy atom. The third-order valence-corrected chi connectivity index (χ3v) is 1.90. The Balaban J connectivity index is 2.39. The maximum Gasteiger partial charge on any atom is 0.118 e. The molecule has 0 spiro atoms. The Hall–Kier alpha value is -0.530. The van der Waals surface area contributed by atoms with Crippen LogP contribution in [-0.2, 0) is 0 Å². The number of hydrogen-bond acceptors (Lipinski definition) is 1. The Morgan fingerprint density at radius 2 is 2.40 bits per heavy atom. The Kier molecular flexibility index (Phi) is 2.30. The third kappa shape index (κ3) is 1.72. The molecule has 10 heavy (non-hydrogen) atoms. The highest BCUT2D eigenvalue weighted by Crippen LogP contribution is 2.15. The minimum atomic E-state index is -0.634. The van der Waals surface area contributed by atoms with Gasteiger partial charge in [-0.25, -0.2) is 4.39 Å². The van der Waals surface area contributed by atoms with E-state index in [1.54, 1.807) is 0 Å². The summed E-state index contributed by atoms with van der Waals surface area (Å²) in [7, 11) is 0. The van der Waals surface area contributed by atoms with Crippen molar-refractivity contribution in [3.63, 3.8) is 0 Å². The van der Waals surface area contributed by atoms with Gasteiger partial charge in [0.15, 0.2) is 0 Å². The maximum atomic E-state index is 12.7. The second-order valence-corrected chi connectivity index (χ2v) is 2.92. The summed E-state index contributed by atoms with van der Waals surface area (Å²) in [6.45, 7) is 7.23. The molecule has 0 aliphatic carbocycles. The molecule has 1 fully saturated rings. The van der Waals surface area contributed by atoms with Gasteiger partial charge in [0.05, 0.1) is 0 Å². The second-order valence-electron chi connectivity index (χ2n) is 2.92. The summed E-state index contributed by atoms with van der Waals surface area (Å²) in [5.74, 6) is 0. The molecule has 1 aliphatic heterocycles. The number of rotatable bonds is 1. The molecule has 58 valence electrons. The second kappa shape index (κ2) is 3.04. The molecular weight excluding hydrogens is 129 g/mol. The zero-order chi connectivity index (χ0) is 7.56. The van der Waals surface area contributed by atoms with Crippen LogP contribution in [0.15, 0.2) is 12.3 Å². The van der Waals surface area contributed by atoms with Crippen molar-refractivity contribution in [3.8, 4) is 0 Å². The van der Waals surface area contributed by atoms with Crippen molar-refractivity contribution in [3.05, 3.63) is 12.3 Å². The molecule has 1 heterocycles. The lowest BCUT2D eigenvalue weighted by Gasteiger charge is -2.30. The van der Waals surface area contributed by atoms with Gasteiger partial charge in [0.2, 0.25) is 0 Å². The number of hydrogen-bond donors (Lipinski definition) is 0. The van der Waals surface area contributed by atoms with Gasteiger partial charge in [0.1, 0.15) is 6.17 Å². The molecule has 1 rings (SSSR count). The zero-order valence-corrected chi connectivity index (χ0v) is 6.44. The molecule has 1 nitrogen and oxygen atoms in total. The van der Waals surface area contributed by atoms with Crippen molar-refractivity contribution < 1.29 is 4.39 Å². The van der Waals surface area contributed by atoms with Gasteiger partial charge in [-0.05, 0) is 19.8 Å². The van der Waals surface area contributed by atoms with E-state index in [2.05, 4.69) is 6.58 Å². The molecule has 2 heteroatoms. The third-order valence-electron chi connectivity index (χ3n) is 1.90. The van der Waals surface area contributed by atoms with Crippen molar-refractivity contribution in [2.75, 3.05) is 13.1 Å². The van der Waals surface area contributed by atoms with Crippen molar-refractivity contribution in [1.29, 1.82) is 0 Å². The van der Waals surface area contributed by atoms with E-state index in [0.29, 0.717) is 6.54 Å². The molecule has 0 saturated carbocycles. The molecule has 1 unspecified atom stereocenters. The molecule has 1 aliphatic rings. The van der Waals surface area contributed by atoms with Gasteiger partial charge in [0.25, 0.3) is 0 Å². The molecule has 0 radical (unpaired) electrons. The quantitative estimate of drug-likeness (QED) is 0.542. The lowest BCUT2D eigenvalue weighted by atomic mass is 10.1. The van der Waals surface area contributed by atoms with Crippen LogP contribution in [0, 0.1) is 0 Å². The fraction of sp³-hybridized carbons (Fsp3) is 0.750. The van der Waals surface area contributed by atoms with Crippen molar-refractivity contribution >= 4 is 0 Å². The fourth-order valence-corrected chi connectivity index (χ4v) is 1.27. The average Bonchev–Trinajstić information content (AvgIpc) is 1.88. The van der Waals surface area contributed by atoms with Gasteiger partial charge < -0.3 is 4.90 Å². The van der Waals surface area contributed by atoms with Crippen molar-refractivity contribution in [2.45, 2.75) is 25.9 Å². The first-order chi connectivity index (χ1) is 4.70. The SMILES string of the molecule is C=C(C)N1CCCC(F)C1. The number of nitrogens with zero attached hydrogens (tertiary/aromatic N) is 1. The summed E-state index contributed by atoms with van der Waals surface area (Å²) < 4.78 is 12.7. The van der Waals surface area contributed by atoms with E-state index >= 15 is 0 Å². The van der Waals surface area contributed by atoms with E-state index in [0.717, 1.165) is 25.1 Å². The monoisotopic (exact) mass is 143 g/mol. The molecule has 1 atom stereocenters. The van der Waals surface area contributed by atoms with Crippen LogP contribution in [0.1, 0.15) is 19.8 Å². The first-order valence-corrected chi connectivity index (χ1v) is 3.74. The van der Waals surface area contributed by atoms with E-state index in [9.17, 15) is 4.39 Å². The number of halogens is 1. The highest BCUT2D eigenvalue weighted by molar-refractivity contribution is 4.91. The van der Waals surface area contributed by atoms with E-state index in [4.69, 9.17) is 0 Å². The minimum Gasteiger partial charge on any atom is -0.373 e. The van der Waals surface area contributed by atoms with Crippen LogP contribution in [0.4, 0.5) is 4.39 Å². The molecule has 0 bridgehead atoms. The Bertz CT molecular complexity index is 133. The van der Waals surface area contributed by atoms with E-state index < -0.39 is 6.17 Å². The first-order valence-electron chi connectivity index (χ1n) is 3.74. The molecule has 0 aromatic rings. The van der Waals surface area contributed by atoms with E-state index in [1.807, 2.05) is 11.8 Å². The molecular formula is C8H14FN.